The van der Waals surface area contributed by atoms with E-state index in [1.54, 1.807) is 0 Å². The Balaban J connectivity index is 2.18. The molecule has 0 saturated heterocycles. The van der Waals surface area contributed by atoms with E-state index < -0.39 is 0 Å². The lowest BCUT2D eigenvalue weighted by Crippen LogP contribution is -2.14. The van der Waals surface area contributed by atoms with Gasteiger partial charge in [-0.1, -0.05) is 6.07 Å². The van der Waals surface area contributed by atoms with Gasteiger partial charge in [-0.2, -0.15) is 0 Å². The van der Waals surface area contributed by atoms with Gasteiger partial charge < -0.3 is 10.2 Å². The van der Waals surface area contributed by atoms with Gasteiger partial charge in [0.1, 0.15) is 5.82 Å². The second kappa shape index (κ2) is 6.40. The van der Waals surface area contributed by atoms with Crippen molar-refractivity contribution in [3.05, 3.63) is 23.9 Å². The molecule has 0 aliphatic carbocycles. The highest BCUT2D eigenvalue weighted by Gasteiger charge is 1.96. The van der Waals surface area contributed by atoms with E-state index in [9.17, 15) is 0 Å². The Kier molecular flexibility index (Phi) is 5.12. The minimum Gasteiger partial charge on any atom is -0.370 e. The van der Waals surface area contributed by atoms with Crippen LogP contribution in [0.2, 0.25) is 0 Å². The van der Waals surface area contributed by atoms with Crippen LogP contribution in [0.5, 0.6) is 0 Å². The van der Waals surface area contributed by atoms with Crippen LogP contribution >= 0.6 is 0 Å². The van der Waals surface area contributed by atoms with Gasteiger partial charge in [0.15, 0.2) is 0 Å². The molecule has 3 nitrogen and oxygen atoms in total. The van der Waals surface area contributed by atoms with E-state index in [1.807, 2.05) is 12.3 Å². The predicted octanol–water partition coefficient (Wildman–Crippen LogP) is 2.14. The second-order valence-electron chi connectivity index (χ2n) is 4.11. The summed E-state index contributed by atoms with van der Waals surface area (Å²) in [6.45, 7) is 4.24. The molecule has 15 heavy (non-hydrogen) atoms. The number of anilines is 1. The number of nitrogens with zero attached hydrogens (tertiary/aromatic N) is 2. The Bertz CT molecular complexity index is 284. The van der Waals surface area contributed by atoms with Crippen LogP contribution in [0.25, 0.3) is 0 Å². The van der Waals surface area contributed by atoms with Crippen molar-refractivity contribution in [3.8, 4) is 0 Å². The Morgan fingerprint density at radius 1 is 1.33 bits per heavy atom. The lowest BCUT2D eigenvalue weighted by atomic mass is 10.2. The summed E-state index contributed by atoms with van der Waals surface area (Å²) in [6, 6.07) is 4.04. The molecule has 0 spiro atoms. The van der Waals surface area contributed by atoms with Crippen LogP contribution in [-0.4, -0.2) is 37.1 Å². The van der Waals surface area contributed by atoms with Gasteiger partial charge in [0.05, 0.1) is 0 Å². The molecular weight excluding hydrogens is 186 g/mol. The standard InChI is InChI=1S/C12H21N3/c1-11-7-6-9-14-12(11)13-8-4-5-10-15(2)3/h6-7,9H,4-5,8,10H2,1-3H3,(H,13,14). The number of unbranched alkanes of at least 4 members (excludes halogenated alkanes) is 1. The van der Waals surface area contributed by atoms with Crippen molar-refractivity contribution in [3.63, 3.8) is 0 Å². The number of pyridine rings is 1. The molecule has 0 aliphatic heterocycles. The summed E-state index contributed by atoms with van der Waals surface area (Å²) in [7, 11) is 4.21. The van der Waals surface area contributed by atoms with Crippen molar-refractivity contribution in [2.24, 2.45) is 0 Å². The van der Waals surface area contributed by atoms with Gasteiger partial charge in [-0.05, 0) is 52.0 Å². The smallest absolute Gasteiger partial charge is 0.128 e. The molecule has 1 N–H and O–H groups in total. The molecule has 84 valence electrons. The van der Waals surface area contributed by atoms with Crippen molar-refractivity contribution in [2.75, 3.05) is 32.5 Å². The molecule has 1 heterocycles. The number of aryl methyl sites for hydroxylation is 1. The largest absolute Gasteiger partial charge is 0.370 e. The van der Waals surface area contributed by atoms with E-state index >= 15 is 0 Å². The third-order valence-corrected chi connectivity index (χ3v) is 2.33. The molecule has 3 heteroatoms. The van der Waals surface area contributed by atoms with Gasteiger partial charge in [-0.25, -0.2) is 4.98 Å². The SMILES string of the molecule is Cc1cccnc1NCCCCN(C)C. The monoisotopic (exact) mass is 207 g/mol. The number of hydrogen-bond acceptors (Lipinski definition) is 3. The summed E-state index contributed by atoms with van der Waals surface area (Å²) >= 11 is 0. The van der Waals surface area contributed by atoms with Crippen molar-refractivity contribution in [1.82, 2.24) is 9.88 Å². The van der Waals surface area contributed by atoms with Gasteiger partial charge in [0, 0.05) is 12.7 Å². The first-order chi connectivity index (χ1) is 7.20. The van der Waals surface area contributed by atoms with E-state index in [0.29, 0.717) is 0 Å². The minimum absolute atomic E-state index is 1.01. The van der Waals surface area contributed by atoms with Crippen LogP contribution < -0.4 is 5.32 Å². The zero-order chi connectivity index (χ0) is 11.1. The van der Waals surface area contributed by atoms with Crippen LogP contribution in [0.1, 0.15) is 18.4 Å². The molecule has 0 aliphatic rings. The first-order valence-electron chi connectivity index (χ1n) is 5.50. The van der Waals surface area contributed by atoms with Crippen LogP contribution in [0.3, 0.4) is 0 Å². The molecule has 0 bridgehead atoms. The minimum atomic E-state index is 1.01. The van der Waals surface area contributed by atoms with Gasteiger partial charge in [0.25, 0.3) is 0 Å². The van der Waals surface area contributed by atoms with Crippen LogP contribution in [0.15, 0.2) is 18.3 Å². The van der Waals surface area contributed by atoms with Crippen molar-refractivity contribution >= 4 is 5.82 Å². The van der Waals surface area contributed by atoms with Crippen molar-refractivity contribution in [1.29, 1.82) is 0 Å². The summed E-state index contributed by atoms with van der Waals surface area (Å²) in [5, 5.41) is 3.36. The highest BCUT2D eigenvalue weighted by atomic mass is 15.0. The van der Waals surface area contributed by atoms with E-state index in [1.165, 1.54) is 18.4 Å². The maximum absolute atomic E-state index is 4.29. The summed E-state index contributed by atoms with van der Waals surface area (Å²) in [5.41, 5.74) is 1.21. The quantitative estimate of drug-likeness (QED) is 0.724. The summed E-state index contributed by atoms with van der Waals surface area (Å²) < 4.78 is 0. The molecule has 0 radical (unpaired) electrons. The van der Waals surface area contributed by atoms with E-state index in [2.05, 4.69) is 42.3 Å². The van der Waals surface area contributed by atoms with Crippen LogP contribution in [-0.2, 0) is 0 Å². The average Bonchev–Trinajstić information content (AvgIpc) is 2.20. The van der Waals surface area contributed by atoms with E-state index in [0.717, 1.165) is 18.9 Å². The molecule has 0 aromatic carbocycles. The Hall–Kier alpha value is -1.09. The Labute approximate surface area is 92.5 Å². The van der Waals surface area contributed by atoms with Gasteiger partial charge in [-0.3, -0.25) is 0 Å². The second-order valence-corrected chi connectivity index (χ2v) is 4.11. The maximum Gasteiger partial charge on any atom is 0.128 e. The summed E-state index contributed by atoms with van der Waals surface area (Å²) in [6.07, 6.45) is 4.25. The molecular formula is C12H21N3. The van der Waals surface area contributed by atoms with E-state index in [-0.39, 0.29) is 0 Å². The third kappa shape index (κ3) is 4.79. The highest BCUT2D eigenvalue weighted by molar-refractivity contribution is 5.42. The van der Waals surface area contributed by atoms with E-state index in [4.69, 9.17) is 0 Å². The lowest BCUT2D eigenvalue weighted by Gasteiger charge is -2.10. The Morgan fingerprint density at radius 3 is 2.80 bits per heavy atom. The fourth-order valence-electron chi connectivity index (χ4n) is 1.43. The summed E-state index contributed by atoms with van der Waals surface area (Å²) in [5.74, 6) is 1.02. The first kappa shape index (κ1) is 12.0. The van der Waals surface area contributed by atoms with Crippen LogP contribution in [0, 0.1) is 6.92 Å². The van der Waals surface area contributed by atoms with Gasteiger partial charge in [-0.15, -0.1) is 0 Å². The van der Waals surface area contributed by atoms with Crippen molar-refractivity contribution in [2.45, 2.75) is 19.8 Å². The third-order valence-electron chi connectivity index (χ3n) is 2.33. The number of nitrogens with one attached hydrogen (secondary N) is 1. The normalized spacial score (nSPS) is 10.7. The average molecular weight is 207 g/mol. The summed E-state index contributed by atoms with van der Waals surface area (Å²) in [4.78, 5) is 6.50. The molecule has 1 rings (SSSR count). The molecule has 0 unspecified atom stereocenters. The molecule has 1 aromatic rings. The molecule has 0 fully saturated rings. The molecule has 0 amide bonds. The maximum atomic E-state index is 4.29. The zero-order valence-electron chi connectivity index (χ0n) is 9.95. The molecule has 0 saturated carbocycles. The Morgan fingerprint density at radius 2 is 2.13 bits per heavy atom. The molecule has 1 aromatic heterocycles. The number of aromatic nitrogens is 1. The number of hydrogen-bond donors (Lipinski definition) is 1. The predicted molar refractivity (Wildman–Crippen MR) is 65.3 cm³/mol. The van der Waals surface area contributed by atoms with Gasteiger partial charge >= 0.3 is 0 Å². The fraction of sp³-hybridized carbons (Fsp3) is 0.583. The topological polar surface area (TPSA) is 28.2 Å². The first-order valence-corrected chi connectivity index (χ1v) is 5.50. The van der Waals surface area contributed by atoms with Gasteiger partial charge in [0.2, 0.25) is 0 Å². The number of rotatable bonds is 6. The molecule has 0 atom stereocenters. The highest BCUT2D eigenvalue weighted by Crippen LogP contribution is 2.08. The van der Waals surface area contributed by atoms with Crippen LogP contribution in [0.4, 0.5) is 5.82 Å². The fourth-order valence-corrected chi connectivity index (χ4v) is 1.43. The zero-order valence-corrected chi connectivity index (χ0v) is 9.95. The van der Waals surface area contributed by atoms with Crippen molar-refractivity contribution < 1.29 is 0 Å². The lowest BCUT2D eigenvalue weighted by molar-refractivity contribution is 0.396.